The van der Waals surface area contributed by atoms with Gasteiger partial charge in [-0.05, 0) is 50.4 Å². The summed E-state index contributed by atoms with van der Waals surface area (Å²) in [7, 11) is 0. The van der Waals surface area contributed by atoms with Gasteiger partial charge in [0.05, 0.1) is 0 Å². The summed E-state index contributed by atoms with van der Waals surface area (Å²) in [5.74, 6) is -0.426. The number of aliphatic carboxylic acids is 2. The van der Waals surface area contributed by atoms with Gasteiger partial charge in [0.2, 0.25) is 0 Å². The van der Waals surface area contributed by atoms with E-state index in [9.17, 15) is 19.2 Å². The maximum absolute atomic E-state index is 11.6. The molecule has 10 heteroatoms. The number of carbonyl (C=O) groups is 4. The fourth-order valence-corrected chi connectivity index (χ4v) is 8.37. The first-order valence-corrected chi connectivity index (χ1v) is 13.7. The van der Waals surface area contributed by atoms with Gasteiger partial charge in [0.15, 0.2) is 20.2 Å². The molecule has 0 aliphatic heterocycles. The molecule has 0 aromatic rings. The standard InChI is InChI=1S/2C12H16Cl2O3/c2*13-12(14)10-7(3-1-2-4-9(15)16)5-6-8(10)11(12)17/h2*7-8,10H,1-6H2,(H,15,16). The number of unbranched alkanes of at least 4 members (excludes halogenated alkanes) is 2. The van der Waals surface area contributed by atoms with Crippen LogP contribution in [0.2, 0.25) is 0 Å². The summed E-state index contributed by atoms with van der Waals surface area (Å²) in [4.78, 5) is 43.9. The van der Waals surface area contributed by atoms with Crippen molar-refractivity contribution in [3.63, 3.8) is 0 Å². The minimum absolute atomic E-state index is 0.0149. The molecular weight excluding hydrogens is 526 g/mol. The molecule has 34 heavy (non-hydrogen) atoms. The average Bonchev–Trinajstić information content (AvgIpc) is 3.36. The lowest BCUT2D eigenvalue weighted by Crippen LogP contribution is -2.55. The molecule has 0 radical (unpaired) electrons. The van der Waals surface area contributed by atoms with E-state index in [1.54, 1.807) is 0 Å². The number of hydrogen-bond acceptors (Lipinski definition) is 4. The Morgan fingerprint density at radius 2 is 1.03 bits per heavy atom. The molecule has 0 amide bonds. The van der Waals surface area contributed by atoms with Crippen LogP contribution in [0.4, 0.5) is 0 Å². The van der Waals surface area contributed by atoms with Crippen molar-refractivity contribution in [2.75, 3.05) is 0 Å². The molecule has 6 nitrogen and oxygen atoms in total. The Kier molecular flexibility index (Phi) is 9.25. The molecule has 0 aromatic heterocycles. The van der Waals surface area contributed by atoms with Gasteiger partial charge in [0, 0.05) is 36.5 Å². The third-order valence-electron chi connectivity index (χ3n) is 8.18. The Morgan fingerprint density at radius 1 is 0.676 bits per heavy atom. The second-order valence-electron chi connectivity index (χ2n) is 10.2. The van der Waals surface area contributed by atoms with Crippen LogP contribution in [0.5, 0.6) is 0 Å². The van der Waals surface area contributed by atoms with Crippen LogP contribution in [0, 0.1) is 35.5 Å². The van der Waals surface area contributed by atoms with E-state index < -0.39 is 20.6 Å². The van der Waals surface area contributed by atoms with Crippen LogP contribution in [0.1, 0.15) is 77.0 Å². The third kappa shape index (κ3) is 5.71. The van der Waals surface area contributed by atoms with Gasteiger partial charge < -0.3 is 10.2 Å². The van der Waals surface area contributed by atoms with E-state index in [-0.39, 0.29) is 48.1 Å². The van der Waals surface area contributed by atoms with E-state index in [0.29, 0.717) is 24.7 Å². The lowest BCUT2D eigenvalue weighted by atomic mass is 9.69. The fourth-order valence-electron chi connectivity index (χ4n) is 6.49. The molecule has 0 bridgehead atoms. The second-order valence-corrected chi connectivity index (χ2v) is 13.0. The van der Waals surface area contributed by atoms with E-state index in [0.717, 1.165) is 51.4 Å². The van der Waals surface area contributed by atoms with Gasteiger partial charge in [-0.3, -0.25) is 19.2 Å². The molecule has 6 atom stereocenters. The molecule has 0 spiro atoms. The van der Waals surface area contributed by atoms with Crippen molar-refractivity contribution in [3.8, 4) is 0 Å². The molecule has 4 fully saturated rings. The summed E-state index contributed by atoms with van der Waals surface area (Å²) >= 11 is 24.1. The lowest BCUT2D eigenvalue weighted by molar-refractivity contribution is -0.138. The third-order valence-corrected chi connectivity index (χ3v) is 9.93. The zero-order chi connectivity index (χ0) is 25.3. The smallest absolute Gasteiger partial charge is 0.303 e. The molecule has 0 saturated heterocycles. The number of fused-ring (bicyclic) bond motifs is 2. The van der Waals surface area contributed by atoms with E-state index in [1.165, 1.54) is 0 Å². The first-order chi connectivity index (χ1) is 15.9. The van der Waals surface area contributed by atoms with E-state index in [4.69, 9.17) is 56.6 Å². The first kappa shape index (κ1) is 28.0. The minimum atomic E-state index is -1.17. The lowest BCUT2D eigenvalue weighted by Gasteiger charge is -2.44. The number of alkyl halides is 4. The van der Waals surface area contributed by atoms with Gasteiger partial charge in [-0.2, -0.15) is 0 Å². The van der Waals surface area contributed by atoms with Crippen LogP contribution in [0.3, 0.4) is 0 Å². The molecule has 0 aromatic carbocycles. The van der Waals surface area contributed by atoms with Gasteiger partial charge >= 0.3 is 11.9 Å². The van der Waals surface area contributed by atoms with Crippen LogP contribution in [-0.2, 0) is 19.2 Å². The van der Waals surface area contributed by atoms with Crippen molar-refractivity contribution in [3.05, 3.63) is 0 Å². The van der Waals surface area contributed by atoms with Crippen molar-refractivity contribution in [1.29, 1.82) is 0 Å². The Balaban J connectivity index is 0.000000191. The van der Waals surface area contributed by atoms with Crippen molar-refractivity contribution in [2.24, 2.45) is 35.5 Å². The number of halogens is 4. The van der Waals surface area contributed by atoms with Gasteiger partial charge in [-0.1, -0.05) is 72.1 Å². The van der Waals surface area contributed by atoms with E-state index >= 15 is 0 Å². The maximum Gasteiger partial charge on any atom is 0.303 e. The van der Waals surface area contributed by atoms with Crippen molar-refractivity contribution in [2.45, 2.75) is 85.7 Å². The summed E-state index contributed by atoms with van der Waals surface area (Å²) in [5, 5.41) is 17.1. The zero-order valence-electron chi connectivity index (χ0n) is 19.0. The number of carboxylic acid groups (broad SMARTS) is 2. The molecule has 4 aliphatic carbocycles. The molecule has 0 heterocycles. The Bertz CT molecular complexity index is 747. The zero-order valence-corrected chi connectivity index (χ0v) is 22.0. The Labute approximate surface area is 220 Å². The summed E-state index contributed by atoms with van der Waals surface area (Å²) in [6.07, 6.45) is 9.21. The number of ketones is 2. The van der Waals surface area contributed by atoms with E-state index in [1.807, 2.05) is 0 Å². The number of Topliss-reactive ketones (excluding diaryl/α,β-unsaturated/α-hetero) is 2. The number of carbonyl (C=O) groups excluding carboxylic acids is 2. The molecule has 4 saturated carbocycles. The highest BCUT2D eigenvalue weighted by Crippen LogP contribution is 2.61. The summed E-state index contributed by atoms with van der Waals surface area (Å²) in [5.41, 5.74) is 0. The quantitative estimate of drug-likeness (QED) is 0.249. The minimum Gasteiger partial charge on any atom is -0.481 e. The Hall–Kier alpha value is -0.560. The SMILES string of the molecule is O=C(O)CCCCC1CCC2C(=O)C(Cl)(Cl)C12.O=C(O)CCCCC1CCC2C(=O)C(Cl)(Cl)C12. The molecule has 6 unspecified atom stereocenters. The summed E-state index contributed by atoms with van der Waals surface area (Å²) < 4.78 is -2.34. The average molecular weight is 558 g/mol. The molecule has 2 N–H and O–H groups in total. The normalized spacial score (nSPS) is 34.2. The highest BCUT2D eigenvalue weighted by atomic mass is 35.5. The van der Waals surface area contributed by atoms with Crippen LogP contribution in [0.15, 0.2) is 0 Å². The van der Waals surface area contributed by atoms with Crippen LogP contribution >= 0.6 is 46.4 Å². The molecule has 192 valence electrons. The van der Waals surface area contributed by atoms with Gasteiger partial charge in [0.1, 0.15) is 0 Å². The van der Waals surface area contributed by atoms with Crippen LogP contribution in [0.25, 0.3) is 0 Å². The summed E-state index contributed by atoms with van der Waals surface area (Å²) in [6, 6.07) is 0. The maximum atomic E-state index is 11.6. The molecule has 4 rings (SSSR count). The Morgan fingerprint density at radius 3 is 1.35 bits per heavy atom. The number of hydrogen-bond donors (Lipinski definition) is 2. The molecule has 4 aliphatic rings. The predicted octanol–water partition coefficient (Wildman–Crippen LogP) is 6.06. The van der Waals surface area contributed by atoms with Crippen LogP contribution in [-0.4, -0.2) is 42.4 Å². The first-order valence-electron chi connectivity index (χ1n) is 12.2. The van der Waals surface area contributed by atoms with E-state index in [2.05, 4.69) is 0 Å². The molecular formula is C24H32Cl4O6. The second kappa shape index (κ2) is 11.2. The number of rotatable bonds is 10. The van der Waals surface area contributed by atoms with Gasteiger partial charge in [-0.25, -0.2) is 0 Å². The van der Waals surface area contributed by atoms with Crippen molar-refractivity contribution < 1.29 is 29.4 Å². The monoisotopic (exact) mass is 556 g/mol. The largest absolute Gasteiger partial charge is 0.481 e. The highest BCUT2D eigenvalue weighted by molar-refractivity contribution is 6.61. The predicted molar refractivity (Wildman–Crippen MR) is 131 cm³/mol. The van der Waals surface area contributed by atoms with Gasteiger partial charge in [0.25, 0.3) is 0 Å². The summed E-state index contributed by atoms with van der Waals surface area (Å²) in [6.45, 7) is 0. The highest BCUT2D eigenvalue weighted by Gasteiger charge is 2.65. The fraction of sp³-hybridized carbons (Fsp3) is 0.833. The van der Waals surface area contributed by atoms with Crippen molar-refractivity contribution in [1.82, 2.24) is 0 Å². The van der Waals surface area contributed by atoms with Crippen LogP contribution < -0.4 is 0 Å². The van der Waals surface area contributed by atoms with Crippen molar-refractivity contribution >= 4 is 69.9 Å². The number of carboxylic acids is 2. The topological polar surface area (TPSA) is 109 Å². The van der Waals surface area contributed by atoms with Gasteiger partial charge in [-0.15, -0.1) is 0 Å².